The Labute approximate surface area is 130 Å². The Morgan fingerprint density at radius 2 is 2.05 bits per heavy atom. The summed E-state index contributed by atoms with van der Waals surface area (Å²) in [6.07, 6.45) is 1.75. The molecule has 3 heterocycles. The number of thioether (sulfide) groups is 1. The maximum Gasteiger partial charge on any atom is 0.446 e. The third-order valence-electron chi connectivity index (χ3n) is 3.57. The second-order valence-electron chi connectivity index (χ2n) is 5.20. The molecule has 1 aliphatic rings. The van der Waals surface area contributed by atoms with E-state index in [0.29, 0.717) is 30.2 Å². The van der Waals surface area contributed by atoms with Gasteiger partial charge in [0.2, 0.25) is 0 Å². The van der Waals surface area contributed by atoms with Crippen LogP contribution in [0.15, 0.2) is 23.1 Å². The zero-order chi connectivity index (χ0) is 15.7. The minimum Gasteiger partial charge on any atom is -0.381 e. The molecular weight excluding hydrogens is 315 g/mol. The van der Waals surface area contributed by atoms with Crippen LogP contribution in [-0.2, 0) is 4.74 Å². The molecule has 0 radical (unpaired) electrons. The van der Waals surface area contributed by atoms with Crippen molar-refractivity contribution in [2.24, 2.45) is 0 Å². The molecule has 3 rings (SSSR count). The van der Waals surface area contributed by atoms with Gasteiger partial charge in [-0.25, -0.2) is 4.52 Å². The van der Waals surface area contributed by atoms with Crippen LogP contribution in [0.2, 0.25) is 0 Å². The van der Waals surface area contributed by atoms with Crippen molar-refractivity contribution >= 4 is 23.1 Å². The molecule has 0 saturated carbocycles. The zero-order valence-electron chi connectivity index (χ0n) is 12.0. The highest BCUT2D eigenvalue weighted by atomic mass is 32.2. The van der Waals surface area contributed by atoms with Crippen LogP contribution < -0.4 is 5.32 Å². The van der Waals surface area contributed by atoms with Crippen molar-refractivity contribution in [1.82, 2.24) is 9.61 Å². The second kappa shape index (κ2) is 6.00. The molecule has 0 bridgehead atoms. The van der Waals surface area contributed by atoms with Gasteiger partial charge in [0.1, 0.15) is 5.82 Å². The number of hydrogen-bond donors (Lipinski definition) is 1. The lowest BCUT2D eigenvalue weighted by molar-refractivity contribution is -0.0328. The molecule has 0 aromatic carbocycles. The number of aromatic nitrogens is 2. The first-order chi connectivity index (χ1) is 10.4. The molecule has 0 unspecified atom stereocenters. The molecule has 2 aromatic heterocycles. The van der Waals surface area contributed by atoms with Crippen molar-refractivity contribution in [3.8, 4) is 0 Å². The molecule has 0 amide bonds. The SMILES string of the molecule is Cc1nn2c(NC3CCOCC3)cccc2c1SC(F)(F)F. The van der Waals surface area contributed by atoms with E-state index >= 15 is 0 Å². The number of pyridine rings is 1. The highest BCUT2D eigenvalue weighted by molar-refractivity contribution is 8.00. The molecule has 2 aromatic rings. The van der Waals surface area contributed by atoms with Crippen molar-refractivity contribution in [2.45, 2.75) is 36.2 Å². The number of nitrogens with zero attached hydrogens (tertiary/aromatic N) is 2. The number of alkyl halides is 3. The van der Waals surface area contributed by atoms with Crippen LogP contribution >= 0.6 is 11.8 Å². The first kappa shape index (κ1) is 15.5. The van der Waals surface area contributed by atoms with E-state index in [9.17, 15) is 13.2 Å². The molecule has 0 atom stereocenters. The van der Waals surface area contributed by atoms with Gasteiger partial charge in [0.25, 0.3) is 0 Å². The largest absolute Gasteiger partial charge is 0.446 e. The highest BCUT2D eigenvalue weighted by Crippen LogP contribution is 2.41. The van der Waals surface area contributed by atoms with E-state index < -0.39 is 5.51 Å². The number of fused-ring (bicyclic) bond motifs is 1. The molecule has 1 fully saturated rings. The quantitative estimate of drug-likeness (QED) is 0.867. The van der Waals surface area contributed by atoms with Crippen molar-refractivity contribution in [2.75, 3.05) is 18.5 Å². The molecule has 1 aliphatic heterocycles. The molecule has 22 heavy (non-hydrogen) atoms. The monoisotopic (exact) mass is 331 g/mol. The van der Waals surface area contributed by atoms with Gasteiger partial charge in [-0.05, 0) is 43.7 Å². The molecule has 0 spiro atoms. The minimum atomic E-state index is -4.32. The predicted octanol–water partition coefficient (Wildman–Crippen LogP) is 3.85. The molecular formula is C14H16F3N3OS. The van der Waals surface area contributed by atoms with Gasteiger partial charge in [-0.15, -0.1) is 0 Å². The zero-order valence-corrected chi connectivity index (χ0v) is 12.8. The topological polar surface area (TPSA) is 38.6 Å². The second-order valence-corrected chi connectivity index (χ2v) is 6.28. The average molecular weight is 331 g/mol. The van der Waals surface area contributed by atoms with Gasteiger partial charge < -0.3 is 10.1 Å². The Morgan fingerprint density at radius 1 is 1.32 bits per heavy atom. The lowest BCUT2D eigenvalue weighted by Crippen LogP contribution is -2.28. The third kappa shape index (κ3) is 3.33. The van der Waals surface area contributed by atoms with Crippen LogP contribution in [0.1, 0.15) is 18.5 Å². The smallest absolute Gasteiger partial charge is 0.381 e. The Kier molecular flexibility index (Phi) is 4.22. The third-order valence-corrected chi connectivity index (χ3v) is 4.51. The van der Waals surface area contributed by atoms with Gasteiger partial charge >= 0.3 is 5.51 Å². The van der Waals surface area contributed by atoms with Crippen LogP contribution in [0.4, 0.5) is 19.0 Å². The molecule has 1 N–H and O–H groups in total. The molecule has 0 aliphatic carbocycles. The summed E-state index contributed by atoms with van der Waals surface area (Å²) in [6.45, 7) is 2.99. The van der Waals surface area contributed by atoms with Gasteiger partial charge in [0.05, 0.1) is 16.1 Å². The Morgan fingerprint density at radius 3 is 2.73 bits per heavy atom. The number of anilines is 1. The van der Waals surface area contributed by atoms with Crippen molar-refractivity contribution in [3.05, 3.63) is 23.9 Å². The fourth-order valence-corrected chi connectivity index (χ4v) is 3.24. The van der Waals surface area contributed by atoms with E-state index in [2.05, 4.69) is 10.4 Å². The number of rotatable bonds is 3. The van der Waals surface area contributed by atoms with Crippen molar-refractivity contribution in [1.29, 1.82) is 0 Å². The fourth-order valence-electron chi connectivity index (χ4n) is 2.56. The Hall–Kier alpha value is -1.41. The van der Waals surface area contributed by atoms with Gasteiger partial charge in [-0.3, -0.25) is 0 Å². The Balaban J connectivity index is 1.93. The number of nitrogens with one attached hydrogen (secondary N) is 1. The average Bonchev–Trinajstić information content (AvgIpc) is 2.76. The maximum atomic E-state index is 12.7. The standard InChI is InChI=1S/C14H16F3N3OS/c1-9-13(22-14(15,16)17)11-3-2-4-12(20(11)19-9)18-10-5-7-21-8-6-10/h2-4,10,18H,5-8H2,1H3. The summed E-state index contributed by atoms with van der Waals surface area (Å²) >= 11 is -0.113. The van der Waals surface area contributed by atoms with Gasteiger partial charge in [-0.2, -0.15) is 18.3 Å². The summed E-state index contributed by atoms with van der Waals surface area (Å²) in [7, 11) is 0. The normalized spacial score (nSPS) is 17.1. The van der Waals surface area contributed by atoms with E-state index in [0.717, 1.165) is 12.8 Å². The van der Waals surface area contributed by atoms with E-state index in [1.54, 1.807) is 23.6 Å². The van der Waals surface area contributed by atoms with Crippen molar-refractivity contribution < 1.29 is 17.9 Å². The van der Waals surface area contributed by atoms with Crippen LogP contribution in [0.5, 0.6) is 0 Å². The summed E-state index contributed by atoms with van der Waals surface area (Å²) in [5.74, 6) is 0.710. The summed E-state index contributed by atoms with van der Waals surface area (Å²) in [6, 6.07) is 5.49. The molecule has 120 valence electrons. The number of halogens is 3. The van der Waals surface area contributed by atoms with Crippen molar-refractivity contribution in [3.63, 3.8) is 0 Å². The fraction of sp³-hybridized carbons (Fsp3) is 0.500. The van der Waals surface area contributed by atoms with E-state index in [1.165, 1.54) is 0 Å². The van der Waals surface area contributed by atoms with Crippen LogP contribution in [-0.4, -0.2) is 34.4 Å². The first-order valence-electron chi connectivity index (χ1n) is 7.02. The highest BCUT2D eigenvalue weighted by Gasteiger charge is 2.32. The molecule has 4 nitrogen and oxygen atoms in total. The summed E-state index contributed by atoms with van der Waals surface area (Å²) < 4.78 is 45.0. The maximum absolute atomic E-state index is 12.7. The van der Waals surface area contributed by atoms with E-state index in [1.807, 2.05) is 6.07 Å². The van der Waals surface area contributed by atoms with Gasteiger partial charge in [-0.1, -0.05) is 6.07 Å². The van der Waals surface area contributed by atoms with Crippen LogP contribution in [0.25, 0.3) is 5.52 Å². The lowest BCUT2D eigenvalue weighted by atomic mass is 10.1. The number of ether oxygens (including phenoxy) is 1. The number of aryl methyl sites for hydroxylation is 1. The summed E-state index contributed by atoms with van der Waals surface area (Å²) in [5.41, 5.74) is -3.47. The van der Waals surface area contributed by atoms with Gasteiger partial charge in [0.15, 0.2) is 0 Å². The lowest BCUT2D eigenvalue weighted by Gasteiger charge is -2.24. The predicted molar refractivity (Wildman–Crippen MR) is 79.3 cm³/mol. The van der Waals surface area contributed by atoms with Crippen LogP contribution in [0.3, 0.4) is 0 Å². The number of hydrogen-bond acceptors (Lipinski definition) is 4. The minimum absolute atomic E-state index is 0.113. The summed E-state index contributed by atoms with van der Waals surface area (Å²) in [5, 5.41) is 7.62. The van der Waals surface area contributed by atoms with E-state index in [-0.39, 0.29) is 22.7 Å². The molecule has 8 heteroatoms. The van der Waals surface area contributed by atoms with Crippen LogP contribution in [0, 0.1) is 6.92 Å². The molecule has 1 saturated heterocycles. The Bertz CT molecular complexity index is 665. The summed E-state index contributed by atoms with van der Waals surface area (Å²) in [4.78, 5) is 0.156. The van der Waals surface area contributed by atoms with E-state index in [4.69, 9.17) is 4.74 Å². The first-order valence-corrected chi connectivity index (χ1v) is 7.84. The van der Waals surface area contributed by atoms with Gasteiger partial charge in [0, 0.05) is 19.3 Å².